The molecule has 0 saturated heterocycles. The molecule has 1 aliphatic carbocycles. The third-order valence-electron chi connectivity index (χ3n) is 3.85. The number of nitrogens with one attached hydrogen (secondary N) is 2. The maximum atomic E-state index is 12.4. The third kappa shape index (κ3) is 3.05. The molecule has 0 radical (unpaired) electrons. The number of carboxylic acid groups (broad SMARTS) is 1. The van der Waals surface area contributed by atoms with Crippen LogP contribution in [-0.4, -0.2) is 28.0 Å². The predicted molar refractivity (Wildman–Crippen MR) is 89.1 cm³/mol. The average Bonchev–Trinajstić information content (AvgIpc) is 2.98. The lowest BCUT2D eigenvalue weighted by Gasteiger charge is -2.11. The number of carbonyl (C=O) groups excluding carboxylic acids is 1. The standard InChI is InChI=1S/C17H15N3O4/c21-16(18-14-3-1-2-4-15(14)19-17(22)23)11-5-7-12-10(9-11)6-8-13(12)20-24/h1-5,7,9,19,24H,6,8H2,(H,18,21)(H,22,23)/b20-13-. The van der Waals surface area contributed by atoms with Gasteiger partial charge in [-0.2, -0.15) is 0 Å². The topological polar surface area (TPSA) is 111 Å². The number of anilines is 2. The number of nitrogens with zero attached hydrogens (tertiary/aromatic N) is 1. The Morgan fingerprint density at radius 3 is 2.38 bits per heavy atom. The molecule has 0 aromatic heterocycles. The molecule has 0 fully saturated rings. The van der Waals surface area contributed by atoms with Crippen molar-refractivity contribution in [3.05, 3.63) is 59.2 Å². The van der Waals surface area contributed by atoms with Crippen LogP contribution >= 0.6 is 0 Å². The van der Waals surface area contributed by atoms with E-state index in [9.17, 15) is 9.59 Å². The summed E-state index contributed by atoms with van der Waals surface area (Å²) < 4.78 is 0. The van der Waals surface area contributed by atoms with Crippen molar-refractivity contribution in [1.82, 2.24) is 0 Å². The van der Waals surface area contributed by atoms with Crippen molar-refractivity contribution in [3.63, 3.8) is 0 Å². The summed E-state index contributed by atoms with van der Waals surface area (Å²) in [5.41, 5.74) is 3.55. The maximum absolute atomic E-state index is 12.4. The zero-order chi connectivity index (χ0) is 17.1. The summed E-state index contributed by atoms with van der Waals surface area (Å²) in [5, 5.41) is 26.0. The van der Waals surface area contributed by atoms with Gasteiger partial charge in [0, 0.05) is 11.1 Å². The molecule has 7 heteroatoms. The number of carbonyl (C=O) groups is 2. The number of benzene rings is 2. The highest BCUT2D eigenvalue weighted by molar-refractivity contribution is 6.09. The van der Waals surface area contributed by atoms with Gasteiger partial charge in [0.25, 0.3) is 5.91 Å². The first-order valence-corrected chi connectivity index (χ1v) is 7.33. The predicted octanol–water partition coefficient (Wildman–Crippen LogP) is 3.15. The van der Waals surface area contributed by atoms with E-state index >= 15 is 0 Å². The van der Waals surface area contributed by atoms with Gasteiger partial charge < -0.3 is 15.6 Å². The molecular weight excluding hydrogens is 310 g/mol. The first-order valence-electron chi connectivity index (χ1n) is 7.33. The van der Waals surface area contributed by atoms with Crippen LogP contribution < -0.4 is 10.6 Å². The number of amides is 2. The quantitative estimate of drug-likeness (QED) is 0.513. The Morgan fingerprint density at radius 1 is 1.00 bits per heavy atom. The number of rotatable bonds is 3. The minimum atomic E-state index is -1.20. The number of para-hydroxylation sites is 2. The largest absolute Gasteiger partial charge is 0.465 e. The van der Waals surface area contributed by atoms with E-state index in [0.29, 0.717) is 35.5 Å². The molecule has 0 spiro atoms. The van der Waals surface area contributed by atoms with Crippen molar-refractivity contribution in [2.24, 2.45) is 5.16 Å². The van der Waals surface area contributed by atoms with Gasteiger partial charge in [-0.25, -0.2) is 4.79 Å². The van der Waals surface area contributed by atoms with E-state index in [0.717, 1.165) is 11.1 Å². The van der Waals surface area contributed by atoms with Crippen LogP contribution in [0.2, 0.25) is 0 Å². The lowest BCUT2D eigenvalue weighted by molar-refractivity contribution is 0.102. The third-order valence-corrected chi connectivity index (χ3v) is 3.85. The van der Waals surface area contributed by atoms with Crippen LogP contribution in [0.25, 0.3) is 0 Å². The molecule has 122 valence electrons. The molecule has 1 aliphatic rings. The SMILES string of the molecule is O=C(O)Nc1ccccc1NC(=O)c1ccc2c(c1)CC/C2=N/O. The van der Waals surface area contributed by atoms with Crippen LogP contribution in [-0.2, 0) is 6.42 Å². The van der Waals surface area contributed by atoms with E-state index in [1.807, 2.05) is 0 Å². The summed E-state index contributed by atoms with van der Waals surface area (Å²) in [4.78, 5) is 23.2. The van der Waals surface area contributed by atoms with Gasteiger partial charge in [0.15, 0.2) is 0 Å². The van der Waals surface area contributed by atoms with Gasteiger partial charge in [-0.1, -0.05) is 23.4 Å². The molecule has 4 N–H and O–H groups in total. The summed E-state index contributed by atoms with van der Waals surface area (Å²) in [6, 6.07) is 11.7. The van der Waals surface area contributed by atoms with E-state index < -0.39 is 6.09 Å². The molecule has 0 saturated carbocycles. The monoisotopic (exact) mass is 325 g/mol. The number of aryl methyl sites for hydroxylation is 1. The minimum absolute atomic E-state index is 0.300. The molecule has 0 bridgehead atoms. The van der Waals surface area contributed by atoms with Gasteiger partial charge in [0.05, 0.1) is 17.1 Å². The number of hydrogen-bond donors (Lipinski definition) is 4. The van der Waals surface area contributed by atoms with Crippen molar-refractivity contribution in [1.29, 1.82) is 0 Å². The highest BCUT2D eigenvalue weighted by Gasteiger charge is 2.20. The van der Waals surface area contributed by atoms with E-state index in [1.165, 1.54) is 0 Å². The zero-order valence-electron chi connectivity index (χ0n) is 12.6. The molecule has 2 amide bonds. The van der Waals surface area contributed by atoms with E-state index in [-0.39, 0.29) is 5.91 Å². The molecule has 2 aromatic rings. The number of fused-ring (bicyclic) bond motifs is 1. The van der Waals surface area contributed by atoms with Gasteiger partial charge in [-0.05, 0) is 42.7 Å². The normalized spacial score (nSPS) is 14.2. The molecule has 0 heterocycles. The average molecular weight is 325 g/mol. The van der Waals surface area contributed by atoms with Crippen molar-refractivity contribution in [2.75, 3.05) is 10.6 Å². The van der Waals surface area contributed by atoms with E-state index in [2.05, 4.69) is 15.8 Å². The minimum Gasteiger partial charge on any atom is -0.465 e. The Labute approximate surface area is 137 Å². The molecular formula is C17H15N3O4. The van der Waals surface area contributed by atoms with E-state index in [1.54, 1.807) is 42.5 Å². The Hall–Kier alpha value is -3.35. The van der Waals surface area contributed by atoms with Crippen molar-refractivity contribution < 1.29 is 19.9 Å². The first-order chi connectivity index (χ1) is 11.6. The van der Waals surface area contributed by atoms with Gasteiger partial charge >= 0.3 is 6.09 Å². The summed E-state index contributed by atoms with van der Waals surface area (Å²) in [6.45, 7) is 0. The van der Waals surface area contributed by atoms with Crippen molar-refractivity contribution >= 4 is 29.1 Å². The Balaban J connectivity index is 1.83. The Morgan fingerprint density at radius 2 is 1.71 bits per heavy atom. The Bertz CT molecular complexity index is 845. The highest BCUT2D eigenvalue weighted by Crippen LogP contribution is 2.25. The van der Waals surface area contributed by atoms with Crippen LogP contribution in [0.3, 0.4) is 0 Å². The number of oxime groups is 1. The fraction of sp³-hybridized carbons (Fsp3) is 0.118. The van der Waals surface area contributed by atoms with Crippen molar-refractivity contribution in [2.45, 2.75) is 12.8 Å². The highest BCUT2D eigenvalue weighted by atomic mass is 16.4. The molecule has 0 atom stereocenters. The molecule has 2 aromatic carbocycles. The molecule has 0 unspecified atom stereocenters. The summed E-state index contributed by atoms with van der Waals surface area (Å²) >= 11 is 0. The lowest BCUT2D eigenvalue weighted by Crippen LogP contribution is -2.15. The first kappa shape index (κ1) is 15.5. The zero-order valence-corrected chi connectivity index (χ0v) is 12.6. The second-order valence-corrected chi connectivity index (χ2v) is 5.35. The fourth-order valence-corrected chi connectivity index (χ4v) is 2.73. The maximum Gasteiger partial charge on any atom is 0.409 e. The second kappa shape index (κ2) is 6.41. The summed E-state index contributed by atoms with van der Waals surface area (Å²) in [6.07, 6.45) is 0.153. The summed E-state index contributed by atoms with van der Waals surface area (Å²) in [5.74, 6) is -0.341. The van der Waals surface area contributed by atoms with Crippen LogP contribution in [0.4, 0.5) is 16.2 Å². The second-order valence-electron chi connectivity index (χ2n) is 5.35. The molecule has 24 heavy (non-hydrogen) atoms. The van der Waals surface area contributed by atoms with Crippen LogP contribution in [0, 0.1) is 0 Å². The van der Waals surface area contributed by atoms with Crippen LogP contribution in [0.1, 0.15) is 27.9 Å². The number of hydrogen-bond acceptors (Lipinski definition) is 4. The molecule has 0 aliphatic heterocycles. The lowest BCUT2D eigenvalue weighted by atomic mass is 10.1. The smallest absolute Gasteiger partial charge is 0.409 e. The van der Waals surface area contributed by atoms with Crippen LogP contribution in [0.15, 0.2) is 47.6 Å². The fourth-order valence-electron chi connectivity index (χ4n) is 2.73. The van der Waals surface area contributed by atoms with Crippen molar-refractivity contribution in [3.8, 4) is 0 Å². The van der Waals surface area contributed by atoms with E-state index in [4.69, 9.17) is 10.3 Å². The van der Waals surface area contributed by atoms with Gasteiger partial charge in [0.2, 0.25) is 0 Å². The Kier molecular flexibility index (Phi) is 4.15. The van der Waals surface area contributed by atoms with Gasteiger partial charge in [-0.3, -0.25) is 10.1 Å². The molecule has 3 rings (SSSR count). The van der Waals surface area contributed by atoms with Gasteiger partial charge in [-0.15, -0.1) is 0 Å². The summed E-state index contributed by atoms with van der Waals surface area (Å²) in [7, 11) is 0. The molecule has 7 nitrogen and oxygen atoms in total. The van der Waals surface area contributed by atoms with Gasteiger partial charge in [0.1, 0.15) is 0 Å². The van der Waals surface area contributed by atoms with Crippen LogP contribution in [0.5, 0.6) is 0 Å².